The number of benzene rings is 1. The molecule has 0 saturated carbocycles. The number of hydrogen-bond acceptors (Lipinski definition) is 2. The predicted octanol–water partition coefficient (Wildman–Crippen LogP) is 1.52. The first-order chi connectivity index (χ1) is 8.59. The van der Waals surface area contributed by atoms with Crippen molar-refractivity contribution in [1.29, 1.82) is 0 Å². The van der Waals surface area contributed by atoms with Crippen LogP contribution in [0.4, 0.5) is 0 Å². The minimum absolute atomic E-state index is 0.0580. The van der Waals surface area contributed by atoms with Gasteiger partial charge in [-0.2, -0.15) is 0 Å². The van der Waals surface area contributed by atoms with Crippen LogP contribution in [0, 0.1) is 0 Å². The Labute approximate surface area is 112 Å². The topological polar surface area (TPSA) is 58.2 Å². The largest absolute Gasteiger partial charge is 0.356 e. The van der Waals surface area contributed by atoms with Gasteiger partial charge in [0.2, 0.25) is 11.8 Å². The molecule has 0 radical (unpaired) electrons. The lowest BCUT2D eigenvalue weighted by Crippen LogP contribution is -2.29. The van der Waals surface area contributed by atoms with E-state index in [-0.39, 0.29) is 18.2 Å². The van der Waals surface area contributed by atoms with E-state index in [9.17, 15) is 9.59 Å². The average molecular weight is 269 g/mol. The highest BCUT2D eigenvalue weighted by molar-refractivity contribution is 6.31. The summed E-state index contributed by atoms with van der Waals surface area (Å²) in [5, 5.41) is 6.05. The van der Waals surface area contributed by atoms with E-state index >= 15 is 0 Å². The maximum Gasteiger partial charge on any atom is 0.224 e. The molecule has 1 aromatic carbocycles. The van der Waals surface area contributed by atoms with Crippen LogP contribution < -0.4 is 10.6 Å². The number of nitrogens with one attached hydrogen (secondary N) is 2. The van der Waals surface area contributed by atoms with E-state index in [0.717, 1.165) is 5.56 Å². The molecule has 4 nitrogen and oxygen atoms in total. The highest BCUT2D eigenvalue weighted by Gasteiger charge is 2.05. The van der Waals surface area contributed by atoms with E-state index in [4.69, 9.17) is 11.6 Å². The smallest absolute Gasteiger partial charge is 0.224 e. The molecule has 0 atom stereocenters. The number of hydrogen-bond donors (Lipinski definition) is 2. The number of carbonyl (C=O) groups is 2. The first kappa shape index (κ1) is 14.5. The summed E-state index contributed by atoms with van der Waals surface area (Å²) >= 11 is 5.96. The van der Waals surface area contributed by atoms with E-state index in [0.29, 0.717) is 24.5 Å². The molecule has 2 amide bonds. The molecule has 0 fully saturated rings. The normalized spacial score (nSPS) is 9.89. The highest BCUT2D eigenvalue weighted by Crippen LogP contribution is 2.14. The maximum atomic E-state index is 11.6. The van der Waals surface area contributed by atoms with E-state index < -0.39 is 0 Å². The number of rotatable bonds is 6. The van der Waals surface area contributed by atoms with Crippen molar-refractivity contribution in [1.82, 2.24) is 10.6 Å². The van der Waals surface area contributed by atoms with Gasteiger partial charge in [0, 0.05) is 25.0 Å². The van der Waals surface area contributed by atoms with E-state index in [1.54, 1.807) is 6.07 Å². The summed E-state index contributed by atoms with van der Waals surface area (Å²) < 4.78 is 0. The Morgan fingerprint density at radius 2 is 1.83 bits per heavy atom. The Morgan fingerprint density at radius 1 is 1.17 bits per heavy atom. The van der Waals surface area contributed by atoms with Gasteiger partial charge in [0.15, 0.2) is 0 Å². The van der Waals surface area contributed by atoms with Gasteiger partial charge in [-0.1, -0.05) is 29.8 Å². The lowest BCUT2D eigenvalue weighted by Gasteiger charge is -2.06. The minimum Gasteiger partial charge on any atom is -0.356 e. The van der Waals surface area contributed by atoms with Crippen molar-refractivity contribution >= 4 is 23.4 Å². The zero-order valence-corrected chi connectivity index (χ0v) is 11.1. The van der Waals surface area contributed by atoms with Gasteiger partial charge in [-0.15, -0.1) is 0 Å². The summed E-state index contributed by atoms with van der Waals surface area (Å²) in [5.41, 5.74) is 0.818. The summed E-state index contributed by atoms with van der Waals surface area (Å²) in [7, 11) is 0. The molecule has 0 saturated heterocycles. The second-order valence-electron chi connectivity index (χ2n) is 3.95. The van der Waals surface area contributed by atoms with Crippen LogP contribution in [0.3, 0.4) is 0 Å². The van der Waals surface area contributed by atoms with Crippen LogP contribution in [0.25, 0.3) is 0 Å². The van der Waals surface area contributed by atoms with Gasteiger partial charge >= 0.3 is 0 Å². The van der Waals surface area contributed by atoms with Crippen molar-refractivity contribution in [3.63, 3.8) is 0 Å². The molecule has 0 aliphatic carbocycles. The molecule has 0 aliphatic heterocycles. The first-order valence-electron chi connectivity index (χ1n) is 5.84. The van der Waals surface area contributed by atoms with Crippen LogP contribution in [-0.2, 0) is 16.0 Å². The fraction of sp³-hybridized carbons (Fsp3) is 0.385. The molecule has 0 aliphatic rings. The SMILES string of the molecule is CC(=O)NCCCNC(=O)Cc1ccccc1Cl. The third-order valence-corrected chi connectivity index (χ3v) is 2.73. The molecule has 5 heteroatoms. The van der Waals surface area contributed by atoms with Crippen molar-refractivity contribution in [3.8, 4) is 0 Å². The Balaban J connectivity index is 2.22. The Hall–Kier alpha value is -1.55. The van der Waals surface area contributed by atoms with Crippen molar-refractivity contribution in [2.75, 3.05) is 13.1 Å². The lowest BCUT2D eigenvalue weighted by molar-refractivity contribution is -0.120. The standard InChI is InChI=1S/C13H17ClN2O2/c1-10(17)15-7-4-8-16-13(18)9-11-5-2-3-6-12(11)14/h2-3,5-6H,4,7-9H2,1H3,(H,15,17)(H,16,18). The van der Waals surface area contributed by atoms with Crippen molar-refractivity contribution in [2.24, 2.45) is 0 Å². The first-order valence-corrected chi connectivity index (χ1v) is 6.22. The van der Waals surface area contributed by atoms with Gasteiger partial charge in [0.05, 0.1) is 6.42 Å². The van der Waals surface area contributed by atoms with Crippen LogP contribution in [0.5, 0.6) is 0 Å². The second kappa shape index (κ2) is 7.71. The molecule has 2 N–H and O–H groups in total. The molecule has 1 aromatic rings. The highest BCUT2D eigenvalue weighted by atomic mass is 35.5. The summed E-state index contributed by atoms with van der Waals surface area (Å²) in [5.74, 6) is -0.122. The van der Waals surface area contributed by atoms with Gasteiger partial charge < -0.3 is 10.6 Å². The maximum absolute atomic E-state index is 11.6. The van der Waals surface area contributed by atoms with E-state index in [1.807, 2.05) is 18.2 Å². The van der Waals surface area contributed by atoms with Crippen LogP contribution in [0.1, 0.15) is 18.9 Å². The molecule has 0 bridgehead atoms. The molecule has 0 spiro atoms. The third kappa shape index (κ3) is 5.68. The quantitative estimate of drug-likeness (QED) is 0.769. The van der Waals surface area contributed by atoms with Gasteiger partial charge in [0.1, 0.15) is 0 Å². The molecule has 1 rings (SSSR count). The van der Waals surface area contributed by atoms with Gasteiger partial charge in [-0.05, 0) is 18.1 Å². The van der Waals surface area contributed by atoms with Crippen molar-refractivity contribution in [3.05, 3.63) is 34.9 Å². The number of carbonyl (C=O) groups excluding carboxylic acids is 2. The van der Waals surface area contributed by atoms with Crippen molar-refractivity contribution < 1.29 is 9.59 Å². The zero-order valence-electron chi connectivity index (χ0n) is 10.3. The molecule has 0 unspecified atom stereocenters. The fourth-order valence-corrected chi connectivity index (χ4v) is 1.66. The summed E-state index contributed by atoms with van der Waals surface area (Å²) in [6.07, 6.45) is 0.994. The number of halogens is 1. The monoisotopic (exact) mass is 268 g/mol. The summed E-state index contributed by atoms with van der Waals surface area (Å²) in [6, 6.07) is 7.28. The van der Waals surface area contributed by atoms with Gasteiger partial charge in [0.25, 0.3) is 0 Å². The van der Waals surface area contributed by atoms with E-state index in [2.05, 4.69) is 10.6 Å². The summed E-state index contributed by atoms with van der Waals surface area (Å²) in [6.45, 7) is 2.58. The van der Waals surface area contributed by atoms with Crippen LogP contribution in [0.15, 0.2) is 24.3 Å². The van der Waals surface area contributed by atoms with Crippen LogP contribution in [0.2, 0.25) is 5.02 Å². The summed E-state index contributed by atoms with van der Waals surface area (Å²) in [4.78, 5) is 22.2. The van der Waals surface area contributed by atoms with Crippen molar-refractivity contribution in [2.45, 2.75) is 19.8 Å². The zero-order chi connectivity index (χ0) is 13.4. The Kier molecular flexibility index (Phi) is 6.22. The van der Waals surface area contributed by atoms with E-state index in [1.165, 1.54) is 6.92 Å². The fourth-order valence-electron chi connectivity index (χ4n) is 1.46. The molecule has 18 heavy (non-hydrogen) atoms. The molecular weight excluding hydrogens is 252 g/mol. The number of amides is 2. The molecule has 0 heterocycles. The van der Waals surface area contributed by atoms with Gasteiger partial charge in [-0.25, -0.2) is 0 Å². The second-order valence-corrected chi connectivity index (χ2v) is 4.36. The lowest BCUT2D eigenvalue weighted by atomic mass is 10.1. The Bertz CT molecular complexity index is 421. The van der Waals surface area contributed by atoms with Crippen LogP contribution >= 0.6 is 11.6 Å². The molecule has 98 valence electrons. The average Bonchev–Trinajstić information content (AvgIpc) is 2.31. The van der Waals surface area contributed by atoms with Crippen LogP contribution in [-0.4, -0.2) is 24.9 Å². The molecular formula is C13H17ClN2O2. The minimum atomic E-state index is -0.0640. The predicted molar refractivity (Wildman–Crippen MR) is 71.5 cm³/mol. The molecule has 0 aromatic heterocycles. The van der Waals surface area contributed by atoms with Gasteiger partial charge in [-0.3, -0.25) is 9.59 Å². The third-order valence-electron chi connectivity index (χ3n) is 2.36. The Morgan fingerprint density at radius 3 is 2.50 bits per heavy atom.